The minimum Gasteiger partial charge on any atom is -0.367 e. The van der Waals surface area contributed by atoms with E-state index in [-0.39, 0.29) is 11.3 Å². The third kappa shape index (κ3) is 3.37. The first-order valence-electron chi connectivity index (χ1n) is 8.73. The van der Waals surface area contributed by atoms with Gasteiger partial charge in [0.15, 0.2) is 0 Å². The monoisotopic (exact) mass is 390 g/mol. The number of halogens is 1. The van der Waals surface area contributed by atoms with Gasteiger partial charge in [0.1, 0.15) is 5.82 Å². The highest BCUT2D eigenvalue weighted by molar-refractivity contribution is 7.90. The second kappa shape index (κ2) is 6.69. The molecule has 2 aromatic rings. The quantitative estimate of drug-likeness (QED) is 0.866. The highest BCUT2D eigenvalue weighted by Crippen LogP contribution is 2.32. The SMILES string of the molecule is N#Cc1cc(NC2CCN(S(=O)(=O)C3CC3)CC2)nc2ccc(Cl)cc12. The van der Waals surface area contributed by atoms with E-state index in [4.69, 9.17) is 11.6 Å². The van der Waals surface area contributed by atoms with Crippen molar-refractivity contribution in [3.8, 4) is 6.07 Å². The Morgan fingerprint density at radius 1 is 1.19 bits per heavy atom. The van der Waals surface area contributed by atoms with Crippen LogP contribution in [0.5, 0.6) is 0 Å². The van der Waals surface area contributed by atoms with Gasteiger partial charge in [-0.3, -0.25) is 0 Å². The van der Waals surface area contributed by atoms with Gasteiger partial charge in [0.2, 0.25) is 10.0 Å². The number of nitriles is 1. The fourth-order valence-electron chi connectivity index (χ4n) is 3.40. The van der Waals surface area contributed by atoms with Crippen LogP contribution in [0.15, 0.2) is 24.3 Å². The van der Waals surface area contributed by atoms with E-state index in [1.54, 1.807) is 28.6 Å². The molecule has 2 fully saturated rings. The molecule has 1 saturated carbocycles. The fourth-order valence-corrected chi connectivity index (χ4v) is 5.45. The van der Waals surface area contributed by atoms with Crippen LogP contribution in [0.3, 0.4) is 0 Å². The number of piperidine rings is 1. The number of hydrogen-bond donors (Lipinski definition) is 1. The van der Waals surface area contributed by atoms with Crippen molar-refractivity contribution in [1.82, 2.24) is 9.29 Å². The molecule has 1 aromatic carbocycles. The topological polar surface area (TPSA) is 86.1 Å². The summed E-state index contributed by atoms with van der Waals surface area (Å²) in [6.07, 6.45) is 3.05. The zero-order valence-electron chi connectivity index (χ0n) is 14.2. The summed E-state index contributed by atoms with van der Waals surface area (Å²) in [5, 5.41) is 13.9. The van der Waals surface area contributed by atoms with Gasteiger partial charge in [0, 0.05) is 29.5 Å². The van der Waals surface area contributed by atoms with E-state index < -0.39 is 10.0 Å². The Morgan fingerprint density at radius 2 is 1.92 bits per heavy atom. The van der Waals surface area contributed by atoms with E-state index in [1.165, 1.54) is 0 Å². The lowest BCUT2D eigenvalue weighted by atomic mass is 10.1. The maximum Gasteiger partial charge on any atom is 0.216 e. The summed E-state index contributed by atoms with van der Waals surface area (Å²) in [6, 6.07) is 9.36. The standard InChI is InChI=1S/C18H19ClN4O2S/c19-13-1-4-17-16(10-13)12(11-20)9-18(22-17)21-14-5-7-23(8-6-14)26(24,25)15-2-3-15/h1,4,9-10,14-15H,2-3,5-8H2,(H,21,22). The molecule has 1 aliphatic carbocycles. The molecule has 0 radical (unpaired) electrons. The molecule has 0 amide bonds. The maximum absolute atomic E-state index is 12.3. The van der Waals surface area contributed by atoms with Crippen LogP contribution in [0.25, 0.3) is 10.9 Å². The number of rotatable bonds is 4. The predicted molar refractivity (Wildman–Crippen MR) is 102 cm³/mol. The number of aromatic nitrogens is 1. The number of nitrogens with one attached hydrogen (secondary N) is 1. The normalized spacial score (nSPS) is 19.4. The molecule has 4 rings (SSSR count). The Morgan fingerprint density at radius 3 is 2.58 bits per heavy atom. The highest BCUT2D eigenvalue weighted by Gasteiger charge is 2.41. The first kappa shape index (κ1) is 17.5. The van der Waals surface area contributed by atoms with Crippen molar-refractivity contribution in [2.75, 3.05) is 18.4 Å². The van der Waals surface area contributed by atoms with Crippen LogP contribution in [-0.4, -0.2) is 42.1 Å². The van der Waals surface area contributed by atoms with Gasteiger partial charge in [-0.15, -0.1) is 0 Å². The molecule has 6 nitrogen and oxygen atoms in total. The van der Waals surface area contributed by atoms with E-state index in [0.29, 0.717) is 35.0 Å². The highest BCUT2D eigenvalue weighted by atomic mass is 35.5. The summed E-state index contributed by atoms with van der Waals surface area (Å²) < 4.78 is 26.3. The molecular weight excluding hydrogens is 372 g/mol. The lowest BCUT2D eigenvalue weighted by Crippen LogP contribution is -2.43. The number of nitrogens with zero attached hydrogens (tertiary/aromatic N) is 3. The van der Waals surface area contributed by atoms with Crippen LogP contribution in [0.1, 0.15) is 31.2 Å². The first-order chi connectivity index (χ1) is 12.5. The van der Waals surface area contributed by atoms with Crippen LogP contribution in [-0.2, 0) is 10.0 Å². The van der Waals surface area contributed by atoms with Crippen molar-refractivity contribution in [2.45, 2.75) is 37.0 Å². The van der Waals surface area contributed by atoms with Gasteiger partial charge in [0.05, 0.1) is 22.4 Å². The third-order valence-electron chi connectivity index (χ3n) is 5.00. The van der Waals surface area contributed by atoms with E-state index in [2.05, 4.69) is 16.4 Å². The first-order valence-corrected chi connectivity index (χ1v) is 10.6. The molecule has 2 aliphatic rings. The van der Waals surface area contributed by atoms with Crippen LogP contribution in [0, 0.1) is 11.3 Å². The molecule has 1 aromatic heterocycles. The van der Waals surface area contributed by atoms with Crippen LogP contribution >= 0.6 is 11.6 Å². The van der Waals surface area contributed by atoms with Crippen molar-refractivity contribution in [1.29, 1.82) is 5.26 Å². The molecule has 1 N–H and O–H groups in total. The summed E-state index contributed by atoms with van der Waals surface area (Å²) in [5.41, 5.74) is 1.23. The van der Waals surface area contributed by atoms with E-state index in [9.17, 15) is 13.7 Å². The van der Waals surface area contributed by atoms with Gasteiger partial charge in [0.25, 0.3) is 0 Å². The minimum atomic E-state index is -3.09. The fraction of sp³-hybridized carbons (Fsp3) is 0.444. The van der Waals surface area contributed by atoms with Crippen molar-refractivity contribution >= 4 is 38.3 Å². The second-order valence-electron chi connectivity index (χ2n) is 6.89. The minimum absolute atomic E-state index is 0.143. The molecule has 2 heterocycles. The molecule has 0 spiro atoms. The van der Waals surface area contributed by atoms with Crippen molar-refractivity contribution in [3.63, 3.8) is 0 Å². The van der Waals surface area contributed by atoms with Crippen LogP contribution in [0.4, 0.5) is 5.82 Å². The summed E-state index contributed by atoms with van der Waals surface area (Å²) in [7, 11) is -3.09. The van der Waals surface area contributed by atoms with Gasteiger partial charge >= 0.3 is 0 Å². The Labute approximate surface area is 157 Å². The predicted octanol–water partition coefficient (Wildman–Crippen LogP) is 3.13. The number of sulfonamides is 1. The van der Waals surface area contributed by atoms with Gasteiger partial charge in [-0.1, -0.05) is 11.6 Å². The smallest absolute Gasteiger partial charge is 0.216 e. The third-order valence-corrected chi connectivity index (χ3v) is 7.64. The van der Waals surface area contributed by atoms with Crippen molar-refractivity contribution in [2.24, 2.45) is 0 Å². The number of hydrogen-bond acceptors (Lipinski definition) is 5. The van der Waals surface area contributed by atoms with Crippen molar-refractivity contribution in [3.05, 3.63) is 34.9 Å². The zero-order valence-corrected chi connectivity index (χ0v) is 15.7. The number of fused-ring (bicyclic) bond motifs is 1. The number of benzene rings is 1. The van der Waals surface area contributed by atoms with E-state index in [1.807, 2.05) is 0 Å². The molecule has 0 bridgehead atoms. The summed E-state index contributed by atoms with van der Waals surface area (Å²) in [5.74, 6) is 0.639. The average molecular weight is 391 g/mol. The lowest BCUT2D eigenvalue weighted by molar-refractivity contribution is 0.329. The largest absolute Gasteiger partial charge is 0.367 e. The van der Waals surface area contributed by atoms with Gasteiger partial charge in [-0.25, -0.2) is 17.7 Å². The Hall–Kier alpha value is -1.88. The Bertz CT molecular complexity index is 990. The molecule has 26 heavy (non-hydrogen) atoms. The van der Waals surface area contributed by atoms with Gasteiger partial charge in [-0.2, -0.15) is 5.26 Å². The lowest BCUT2D eigenvalue weighted by Gasteiger charge is -2.32. The Kier molecular flexibility index (Phi) is 4.51. The second-order valence-corrected chi connectivity index (χ2v) is 9.54. The van der Waals surface area contributed by atoms with E-state index >= 15 is 0 Å². The molecule has 1 aliphatic heterocycles. The molecule has 0 unspecified atom stereocenters. The van der Waals surface area contributed by atoms with Crippen LogP contribution in [0.2, 0.25) is 5.02 Å². The summed E-state index contributed by atoms with van der Waals surface area (Å²) in [4.78, 5) is 4.57. The number of anilines is 1. The molecule has 136 valence electrons. The summed E-state index contributed by atoms with van der Waals surface area (Å²) in [6.45, 7) is 1.07. The molecule has 8 heteroatoms. The molecular formula is C18H19ClN4O2S. The maximum atomic E-state index is 12.3. The van der Waals surface area contributed by atoms with E-state index in [0.717, 1.165) is 31.1 Å². The number of pyridine rings is 1. The van der Waals surface area contributed by atoms with Crippen LogP contribution < -0.4 is 5.32 Å². The average Bonchev–Trinajstić information content (AvgIpc) is 3.47. The Balaban J connectivity index is 1.48. The summed E-state index contributed by atoms with van der Waals surface area (Å²) >= 11 is 6.01. The van der Waals surface area contributed by atoms with Crippen molar-refractivity contribution < 1.29 is 8.42 Å². The van der Waals surface area contributed by atoms with Gasteiger partial charge < -0.3 is 5.32 Å². The zero-order chi connectivity index (χ0) is 18.3. The molecule has 0 atom stereocenters. The van der Waals surface area contributed by atoms with Gasteiger partial charge in [-0.05, 0) is 49.9 Å². The molecule has 1 saturated heterocycles.